The number of aromatic hydroxyl groups is 2. The smallest absolute Gasteiger partial charge is 0.251 e. The van der Waals surface area contributed by atoms with Crippen molar-refractivity contribution in [1.82, 2.24) is 5.32 Å². The molecule has 3 aromatic carbocycles. The van der Waals surface area contributed by atoms with E-state index in [-0.39, 0.29) is 17.4 Å². The minimum atomic E-state index is -0.197. The molecule has 0 bridgehead atoms. The van der Waals surface area contributed by atoms with Gasteiger partial charge in [0.05, 0.1) is 11.6 Å². The van der Waals surface area contributed by atoms with Gasteiger partial charge in [-0.2, -0.15) is 5.26 Å². The molecule has 3 aromatic rings. The molecule has 186 valence electrons. The highest BCUT2D eigenvalue weighted by Crippen LogP contribution is 2.10. The topological polar surface area (TPSA) is 119 Å². The van der Waals surface area contributed by atoms with Crippen LogP contribution in [0.2, 0.25) is 0 Å². The lowest BCUT2D eigenvalue weighted by atomic mass is 10.0. The van der Waals surface area contributed by atoms with Crippen molar-refractivity contribution in [1.29, 1.82) is 5.26 Å². The van der Waals surface area contributed by atoms with Gasteiger partial charge in [-0.1, -0.05) is 52.0 Å². The number of hydrogen-bond donors (Lipinski definition) is 4. The summed E-state index contributed by atoms with van der Waals surface area (Å²) in [6.45, 7) is 9.97. The highest BCUT2D eigenvalue weighted by atomic mass is 16.3. The Morgan fingerprint density at radius 2 is 1.29 bits per heavy atom. The summed E-state index contributed by atoms with van der Waals surface area (Å²) in [5.41, 5.74) is 8.29. The molecule has 0 saturated heterocycles. The second-order valence-electron chi connectivity index (χ2n) is 8.93. The van der Waals surface area contributed by atoms with Gasteiger partial charge >= 0.3 is 0 Å². The number of nitrogens with one attached hydrogen (secondary N) is 1. The summed E-state index contributed by atoms with van der Waals surface area (Å²) in [5, 5.41) is 29.4. The van der Waals surface area contributed by atoms with Crippen LogP contribution < -0.4 is 11.1 Å². The molecule has 0 fully saturated rings. The normalized spacial score (nSPS) is 9.89. The highest BCUT2D eigenvalue weighted by Gasteiger charge is 2.05. The van der Waals surface area contributed by atoms with Gasteiger partial charge in [-0.3, -0.25) is 4.79 Å². The summed E-state index contributed by atoms with van der Waals surface area (Å²) in [6, 6.07) is 21.9. The first-order valence-corrected chi connectivity index (χ1v) is 11.7. The number of benzene rings is 3. The molecule has 0 aliphatic rings. The van der Waals surface area contributed by atoms with Gasteiger partial charge in [-0.25, -0.2) is 0 Å². The van der Waals surface area contributed by atoms with E-state index in [0.717, 1.165) is 23.0 Å². The van der Waals surface area contributed by atoms with Crippen molar-refractivity contribution in [3.63, 3.8) is 0 Å². The summed E-state index contributed by atoms with van der Waals surface area (Å²) in [6.07, 6.45) is 1.36. The quantitative estimate of drug-likeness (QED) is 0.363. The Balaban J connectivity index is 0.000000317. The number of nitrogens with zero attached hydrogens (tertiary/aromatic N) is 1. The summed E-state index contributed by atoms with van der Waals surface area (Å²) in [4.78, 5) is 11.8. The lowest BCUT2D eigenvalue weighted by Gasteiger charge is -2.05. The maximum atomic E-state index is 11.8. The number of carbonyl (C=O) groups is 1. The first-order valence-electron chi connectivity index (χ1n) is 11.7. The summed E-state index contributed by atoms with van der Waals surface area (Å²) in [7, 11) is 0. The fraction of sp³-hybridized carbons (Fsp3) is 0.310. The third kappa shape index (κ3) is 12.9. The van der Waals surface area contributed by atoms with Crippen LogP contribution in [0.3, 0.4) is 0 Å². The first-order chi connectivity index (χ1) is 16.6. The van der Waals surface area contributed by atoms with Crippen LogP contribution in [-0.4, -0.2) is 16.1 Å². The lowest BCUT2D eigenvalue weighted by molar-refractivity contribution is 0.0951. The molecule has 5 N–H and O–H groups in total. The van der Waals surface area contributed by atoms with Crippen molar-refractivity contribution >= 4 is 5.91 Å². The van der Waals surface area contributed by atoms with E-state index in [1.807, 2.05) is 6.07 Å². The lowest BCUT2D eigenvalue weighted by Crippen LogP contribution is -2.22. The maximum absolute atomic E-state index is 11.8. The molecular formula is C29H37N3O3. The van der Waals surface area contributed by atoms with Gasteiger partial charge in [0, 0.05) is 18.7 Å². The second kappa shape index (κ2) is 15.9. The van der Waals surface area contributed by atoms with Gasteiger partial charge < -0.3 is 21.3 Å². The van der Waals surface area contributed by atoms with Gasteiger partial charge in [0.15, 0.2) is 0 Å². The summed E-state index contributed by atoms with van der Waals surface area (Å²) >= 11 is 0. The van der Waals surface area contributed by atoms with Crippen LogP contribution in [0.15, 0.2) is 72.8 Å². The Bertz CT molecular complexity index is 1030. The Hall–Kier alpha value is -3.82. The maximum Gasteiger partial charge on any atom is 0.251 e. The number of phenolic OH excluding ortho intramolecular Hbond substituents is 2. The van der Waals surface area contributed by atoms with Crippen molar-refractivity contribution in [2.75, 3.05) is 0 Å². The molecular weight excluding hydrogens is 438 g/mol. The molecule has 1 amide bonds. The Labute approximate surface area is 209 Å². The summed E-state index contributed by atoms with van der Waals surface area (Å²) < 4.78 is 0. The average molecular weight is 476 g/mol. The zero-order valence-corrected chi connectivity index (χ0v) is 21.0. The van der Waals surface area contributed by atoms with Crippen LogP contribution >= 0.6 is 0 Å². The van der Waals surface area contributed by atoms with E-state index in [2.05, 4.69) is 33.0 Å². The van der Waals surface area contributed by atoms with Gasteiger partial charge in [0.2, 0.25) is 0 Å². The second-order valence-corrected chi connectivity index (χ2v) is 8.93. The molecule has 35 heavy (non-hydrogen) atoms. The molecule has 0 atom stereocenters. The minimum absolute atomic E-state index is 0.196. The van der Waals surface area contributed by atoms with Crippen molar-refractivity contribution < 1.29 is 15.0 Å². The van der Waals surface area contributed by atoms with Crippen LogP contribution in [0.4, 0.5) is 0 Å². The Morgan fingerprint density at radius 1 is 0.829 bits per heavy atom. The average Bonchev–Trinajstić information content (AvgIpc) is 2.84. The standard InChI is InChI=1S/C15H12N2O2.C7H9NO.C7H16/c16-9-11-1-5-13(6-2-11)15(19)17-10-12-3-7-14(18)8-4-12;8-5-6-1-3-7(9)4-2-6;1-6(2)5-7(3)4/h1-8,18H,10H2,(H,17,19);1-4,9H,5,8H2;6-7H,5H2,1-4H3. The molecule has 0 saturated carbocycles. The van der Waals surface area contributed by atoms with Gasteiger partial charge in [0.25, 0.3) is 5.91 Å². The molecule has 6 heteroatoms. The van der Waals surface area contributed by atoms with Crippen molar-refractivity contribution in [2.45, 2.75) is 47.2 Å². The van der Waals surface area contributed by atoms with Crippen LogP contribution in [0.25, 0.3) is 0 Å². The largest absolute Gasteiger partial charge is 0.508 e. The third-order valence-corrected chi connectivity index (χ3v) is 4.78. The van der Waals surface area contributed by atoms with Crippen LogP contribution in [0.5, 0.6) is 11.5 Å². The molecule has 0 aliphatic carbocycles. The highest BCUT2D eigenvalue weighted by molar-refractivity contribution is 5.94. The van der Waals surface area contributed by atoms with Crippen molar-refractivity contribution in [3.8, 4) is 17.6 Å². The Kier molecular flexibility index (Phi) is 13.3. The molecule has 3 rings (SSSR count). The first kappa shape index (κ1) is 29.2. The minimum Gasteiger partial charge on any atom is -0.508 e. The van der Waals surface area contributed by atoms with Crippen molar-refractivity contribution in [2.24, 2.45) is 17.6 Å². The van der Waals surface area contributed by atoms with Crippen LogP contribution in [-0.2, 0) is 13.1 Å². The fourth-order valence-corrected chi connectivity index (χ4v) is 3.17. The zero-order chi connectivity index (χ0) is 26.2. The van der Waals surface area contributed by atoms with Gasteiger partial charge in [0.1, 0.15) is 11.5 Å². The van der Waals surface area contributed by atoms with E-state index in [0.29, 0.717) is 24.2 Å². The molecule has 0 radical (unpaired) electrons. The molecule has 0 aromatic heterocycles. The number of nitrogens with two attached hydrogens (primary N) is 1. The Morgan fingerprint density at radius 3 is 1.66 bits per heavy atom. The van der Waals surface area contributed by atoms with Gasteiger partial charge in [-0.15, -0.1) is 0 Å². The van der Waals surface area contributed by atoms with E-state index >= 15 is 0 Å². The van der Waals surface area contributed by atoms with E-state index in [4.69, 9.17) is 21.2 Å². The number of amides is 1. The van der Waals surface area contributed by atoms with Gasteiger partial charge in [-0.05, 0) is 77.9 Å². The molecule has 0 heterocycles. The number of rotatable bonds is 6. The van der Waals surface area contributed by atoms with E-state index in [9.17, 15) is 4.79 Å². The van der Waals surface area contributed by atoms with E-state index < -0.39 is 0 Å². The zero-order valence-electron chi connectivity index (χ0n) is 21.0. The molecule has 0 unspecified atom stereocenters. The van der Waals surface area contributed by atoms with Crippen molar-refractivity contribution in [3.05, 3.63) is 95.1 Å². The monoisotopic (exact) mass is 475 g/mol. The van der Waals surface area contributed by atoms with E-state index in [1.54, 1.807) is 72.8 Å². The predicted molar refractivity (Wildman–Crippen MR) is 141 cm³/mol. The van der Waals surface area contributed by atoms with Crippen LogP contribution in [0.1, 0.15) is 61.2 Å². The predicted octanol–water partition coefficient (Wildman–Crippen LogP) is 5.73. The molecule has 0 spiro atoms. The molecule has 0 aliphatic heterocycles. The van der Waals surface area contributed by atoms with E-state index in [1.165, 1.54) is 6.42 Å². The summed E-state index contributed by atoms with van der Waals surface area (Å²) in [5.74, 6) is 2.03. The molecule has 6 nitrogen and oxygen atoms in total. The number of phenols is 2. The number of carbonyl (C=O) groups excluding carboxylic acids is 1. The SMILES string of the molecule is CC(C)CC(C)C.N#Cc1ccc(C(=O)NCc2ccc(O)cc2)cc1.NCc1ccc(O)cc1. The number of nitriles is 1. The fourth-order valence-electron chi connectivity index (χ4n) is 3.17. The van der Waals surface area contributed by atoms with Crippen LogP contribution in [0, 0.1) is 23.2 Å². The number of hydrogen-bond acceptors (Lipinski definition) is 5. The third-order valence-electron chi connectivity index (χ3n) is 4.78.